The fourth-order valence-electron chi connectivity index (χ4n) is 3.29. The fraction of sp³-hybridized carbons (Fsp3) is 0.429. The minimum Gasteiger partial charge on any atom is -0.493 e. The van der Waals surface area contributed by atoms with Crippen molar-refractivity contribution in [3.05, 3.63) is 46.5 Å². The summed E-state index contributed by atoms with van der Waals surface area (Å²) in [5.41, 5.74) is 2.41. The molecule has 1 aliphatic rings. The summed E-state index contributed by atoms with van der Waals surface area (Å²) in [7, 11) is 5.35. The smallest absolute Gasteiger partial charge is 0.203 e. The first-order valence-electron chi connectivity index (χ1n) is 9.09. The van der Waals surface area contributed by atoms with E-state index in [1.807, 2.05) is 30.3 Å². The number of para-hydroxylation sites is 1. The van der Waals surface area contributed by atoms with Crippen LogP contribution >= 0.6 is 11.6 Å². The highest BCUT2D eigenvalue weighted by Crippen LogP contribution is 2.37. The van der Waals surface area contributed by atoms with E-state index in [1.165, 1.54) is 11.1 Å². The van der Waals surface area contributed by atoms with Gasteiger partial charge in [-0.2, -0.15) is 0 Å². The number of benzene rings is 2. The number of halogens is 1. The van der Waals surface area contributed by atoms with Gasteiger partial charge in [0, 0.05) is 23.7 Å². The minimum atomic E-state index is 0.383. The molecule has 0 unspecified atom stereocenters. The van der Waals surface area contributed by atoms with Crippen LogP contribution in [0, 0.1) is 0 Å². The van der Waals surface area contributed by atoms with E-state index in [9.17, 15) is 0 Å². The zero-order chi connectivity index (χ0) is 19.2. The lowest BCUT2D eigenvalue weighted by molar-refractivity contribution is 0.204. The molecule has 0 saturated heterocycles. The molecule has 0 fully saturated rings. The monoisotopic (exact) mass is 391 g/mol. The number of hydrogen-bond acceptors (Lipinski definition) is 5. The van der Waals surface area contributed by atoms with Crippen molar-refractivity contribution in [1.82, 2.24) is 4.90 Å². The molecule has 5 nitrogen and oxygen atoms in total. The van der Waals surface area contributed by atoms with Crippen LogP contribution in [0.25, 0.3) is 0 Å². The van der Waals surface area contributed by atoms with Crippen molar-refractivity contribution >= 4 is 11.6 Å². The number of nitrogens with zero attached hydrogens (tertiary/aromatic N) is 1. The lowest BCUT2D eigenvalue weighted by Crippen LogP contribution is -2.20. The quantitative estimate of drug-likeness (QED) is 0.670. The molecule has 0 aliphatic carbocycles. The maximum absolute atomic E-state index is 6.42. The third kappa shape index (κ3) is 4.60. The van der Waals surface area contributed by atoms with Gasteiger partial charge >= 0.3 is 0 Å². The standard InChI is InChI=1S/C21H26ClNO4/c1-23-11-9-15-16(10-12-23)18(8-7-17(15)22)26-13-14-27-21-19(24-2)5-4-6-20(21)25-3/h4-8H,9-14H2,1-3H3. The van der Waals surface area contributed by atoms with E-state index in [-0.39, 0.29) is 0 Å². The number of fused-ring (bicyclic) bond motifs is 1. The molecule has 1 aliphatic heterocycles. The molecule has 0 radical (unpaired) electrons. The summed E-state index contributed by atoms with van der Waals surface area (Å²) >= 11 is 6.42. The van der Waals surface area contributed by atoms with Crippen molar-refractivity contribution in [1.29, 1.82) is 0 Å². The Bertz CT molecular complexity index is 759. The van der Waals surface area contributed by atoms with Crippen molar-refractivity contribution in [2.45, 2.75) is 12.8 Å². The van der Waals surface area contributed by atoms with Crippen LogP contribution in [-0.4, -0.2) is 52.5 Å². The summed E-state index contributed by atoms with van der Waals surface area (Å²) in [6.07, 6.45) is 1.87. The molecule has 0 amide bonds. The molecule has 1 heterocycles. The van der Waals surface area contributed by atoms with Gasteiger partial charge in [-0.25, -0.2) is 0 Å². The van der Waals surface area contributed by atoms with Crippen LogP contribution < -0.4 is 18.9 Å². The molecular formula is C21H26ClNO4. The molecule has 0 aromatic heterocycles. The summed E-state index contributed by atoms with van der Waals surface area (Å²) in [4.78, 5) is 2.32. The van der Waals surface area contributed by atoms with Crippen LogP contribution in [0.5, 0.6) is 23.0 Å². The molecule has 2 aromatic carbocycles. The molecule has 0 bridgehead atoms. The molecule has 0 saturated carbocycles. The van der Waals surface area contributed by atoms with Gasteiger partial charge in [-0.3, -0.25) is 0 Å². The Labute approximate surface area is 165 Å². The molecular weight excluding hydrogens is 366 g/mol. The average Bonchev–Trinajstić information content (AvgIpc) is 2.89. The van der Waals surface area contributed by atoms with Crippen molar-refractivity contribution in [2.75, 3.05) is 47.6 Å². The second-order valence-electron chi connectivity index (χ2n) is 6.49. The molecule has 0 atom stereocenters. The van der Waals surface area contributed by atoms with Crippen LogP contribution in [0.1, 0.15) is 11.1 Å². The Kier molecular flexibility index (Phi) is 6.69. The third-order valence-corrected chi connectivity index (χ3v) is 5.14. The number of likely N-dealkylation sites (N-methyl/N-ethyl adjacent to an activating group) is 1. The van der Waals surface area contributed by atoms with E-state index in [2.05, 4.69) is 11.9 Å². The lowest BCUT2D eigenvalue weighted by atomic mass is 10.0. The van der Waals surface area contributed by atoms with E-state index in [0.29, 0.717) is 30.5 Å². The van der Waals surface area contributed by atoms with Gasteiger partial charge in [0.1, 0.15) is 19.0 Å². The predicted molar refractivity (Wildman–Crippen MR) is 107 cm³/mol. The second kappa shape index (κ2) is 9.20. The van der Waals surface area contributed by atoms with E-state index < -0.39 is 0 Å². The maximum atomic E-state index is 6.42. The zero-order valence-electron chi connectivity index (χ0n) is 16.1. The molecule has 0 N–H and O–H groups in total. The van der Waals surface area contributed by atoms with Crippen LogP contribution in [0.3, 0.4) is 0 Å². The molecule has 3 rings (SSSR count). The van der Waals surface area contributed by atoms with E-state index >= 15 is 0 Å². The van der Waals surface area contributed by atoms with E-state index in [1.54, 1.807) is 14.2 Å². The highest BCUT2D eigenvalue weighted by atomic mass is 35.5. The highest BCUT2D eigenvalue weighted by molar-refractivity contribution is 6.31. The van der Waals surface area contributed by atoms with Crippen LogP contribution in [0.15, 0.2) is 30.3 Å². The Morgan fingerprint density at radius 2 is 1.48 bits per heavy atom. The second-order valence-corrected chi connectivity index (χ2v) is 6.90. The summed E-state index contributed by atoms with van der Waals surface area (Å²) in [6.45, 7) is 2.81. The number of hydrogen-bond donors (Lipinski definition) is 0. The predicted octanol–water partition coefficient (Wildman–Crippen LogP) is 3.85. The Morgan fingerprint density at radius 3 is 2.15 bits per heavy atom. The average molecular weight is 392 g/mol. The largest absolute Gasteiger partial charge is 0.493 e. The van der Waals surface area contributed by atoms with E-state index in [0.717, 1.165) is 36.7 Å². The van der Waals surface area contributed by atoms with Crippen molar-refractivity contribution in [3.8, 4) is 23.0 Å². The number of methoxy groups -OCH3 is 2. The summed E-state index contributed by atoms with van der Waals surface area (Å²) < 4.78 is 22.6. The molecule has 146 valence electrons. The van der Waals surface area contributed by atoms with Gasteiger partial charge in [-0.15, -0.1) is 0 Å². The molecule has 27 heavy (non-hydrogen) atoms. The van der Waals surface area contributed by atoms with Crippen LogP contribution in [-0.2, 0) is 12.8 Å². The summed E-state index contributed by atoms with van der Waals surface area (Å²) in [6, 6.07) is 9.42. The van der Waals surface area contributed by atoms with Gasteiger partial charge in [0.05, 0.1) is 14.2 Å². The molecule has 0 spiro atoms. The first-order chi connectivity index (χ1) is 13.1. The summed E-state index contributed by atoms with van der Waals surface area (Å²) in [5.74, 6) is 2.75. The number of rotatable bonds is 7. The highest BCUT2D eigenvalue weighted by Gasteiger charge is 2.18. The maximum Gasteiger partial charge on any atom is 0.203 e. The minimum absolute atomic E-state index is 0.383. The summed E-state index contributed by atoms with van der Waals surface area (Å²) in [5, 5.41) is 0.822. The Morgan fingerprint density at radius 1 is 0.852 bits per heavy atom. The first kappa shape index (κ1) is 19.6. The first-order valence-corrected chi connectivity index (χ1v) is 9.47. The van der Waals surface area contributed by atoms with Crippen molar-refractivity contribution in [3.63, 3.8) is 0 Å². The molecule has 2 aromatic rings. The normalized spacial score (nSPS) is 14.2. The number of ether oxygens (including phenoxy) is 4. The SMILES string of the molecule is COc1cccc(OC)c1OCCOc1ccc(Cl)c2c1CCN(C)CC2. The van der Waals surface area contributed by atoms with Gasteiger partial charge in [0.25, 0.3) is 0 Å². The third-order valence-electron chi connectivity index (χ3n) is 4.79. The van der Waals surface area contributed by atoms with Gasteiger partial charge in [-0.05, 0) is 49.7 Å². The van der Waals surface area contributed by atoms with Crippen molar-refractivity contribution < 1.29 is 18.9 Å². The Hall–Kier alpha value is -2.11. The van der Waals surface area contributed by atoms with Crippen LogP contribution in [0.2, 0.25) is 5.02 Å². The van der Waals surface area contributed by atoms with Gasteiger partial charge in [0.2, 0.25) is 5.75 Å². The van der Waals surface area contributed by atoms with Crippen molar-refractivity contribution in [2.24, 2.45) is 0 Å². The topological polar surface area (TPSA) is 40.2 Å². The fourth-order valence-corrected chi connectivity index (χ4v) is 3.57. The van der Waals surface area contributed by atoms with Crippen LogP contribution in [0.4, 0.5) is 0 Å². The molecule has 6 heteroatoms. The Balaban J connectivity index is 1.66. The van der Waals surface area contributed by atoms with Gasteiger partial charge in [-0.1, -0.05) is 17.7 Å². The lowest BCUT2D eigenvalue weighted by Gasteiger charge is -2.17. The van der Waals surface area contributed by atoms with Gasteiger partial charge in [0.15, 0.2) is 11.5 Å². The zero-order valence-corrected chi connectivity index (χ0v) is 16.8. The van der Waals surface area contributed by atoms with Gasteiger partial charge < -0.3 is 23.8 Å². The van der Waals surface area contributed by atoms with E-state index in [4.69, 9.17) is 30.5 Å².